The van der Waals surface area contributed by atoms with Crippen molar-refractivity contribution in [3.05, 3.63) is 83.4 Å². The second-order valence-corrected chi connectivity index (χ2v) is 7.83. The predicted molar refractivity (Wildman–Crippen MR) is 115 cm³/mol. The van der Waals surface area contributed by atoms with Gasteiger partial charge in [0.25, 0.3) is 0 Å². The largest absolute Gasteiger partial charge is 0.0625 e. The third-order valence-electron chi connectivity index (χ3n) is 5.43. The SMILES string of the molecule is Cc1ccc2ccccc2c1-c1cc(CC(C)C)c2ccccc2c1C. The van der Waals surface area contributed by atoms with Gasteiger partial charge in [0.1, 0.15) is 0 Å². The molecule has 0 atom stereocenters. The molecule has 0 radical (unpaired) electrons. The Hall–Kier alpha value is -2.60. The molecule has 0 aliphatic carbocycles. The molecule has 4 aromatic rings. The Bertz CT molecular complexity index is 1100. The van der Waals surface area contributed by atoms with E-state index in [4.69, 9.17) is 0 Å². The molecule has 0 unspecified atom stereocenters. The van der Waals surface area contributed by atoms with E-state index in [0.717, 1.165) is 6.42 Å². The summed E-state index contributed by atoms with van der Waals surface area (Å²) in [6.45, 7) is 9.12. The third kappa shape index (κ3) is 2.80. The van der Waals surface area contributed by atoms with Crippen LogP contribution in [0.1, 0.15) is 30.5 Å². The Morgan fingerprint density at radius 2 is 1.38 bits per heavy atom. The zero-order chi connectivity index (χ0) is 18.3. The van der Waals surface area contributed by atoms with E-state index in [1.807, 2.05) is 0 Å². The first-order chi connectivity index (χ1) is 12.6. The highest BCUT2D eigenvalue weighted by atomic mass is 14.2. The van der Waals surface area contributed by atoms with Crippen LogP contribution in [0.3, 0.4) is 0 Å². The van der Waals surface area contributed by atoms with Gasteiger partial charge in [-0.2, -0.15) is 0 Å². The van der Waals surface area contributed by atoms with Crippen molar-refractivity contribution in [2.24, 2.45) is 5.92 Å². The van der Waals surface area contributed by atoms with Crippen LogP contribution >= 0.6 is 0 Å². The predicted octanol–water partition coefficient (Wildman–Crippen LogP) is 7.48. The fourth-order valence-electron chi connectivity index (χ4n) is 4.20. The Kier molecular flexibility index (Phi) is 4.28. The minimum Gasteiger partial charge on any atom is -0.0625 e. The standard InChI is InChI=1S/C26H26/c1-17(2)15-21-16-25(19(4)22-10-7-8-11-23(21)22)26-18(3)13-14-20-9-5-6-12-24(20)26/h5-14,16-17H,15H2,1-4H3. The Balaban J connectivity index is 2.10. The molecule has 0 aliphatic rings. The van der Waals surface area contributed by atoms with Crippen LogP contribution in [0.4, 0.5) is 0 Å². The van der Waals surface area contributed by atoms with Gasteiger partial charge in [-0.3, -0.25) is 0 Å². The maximum Gasteiger partial charge on any atom is -0.00731 e. The van der Waals surface area contributed by atoms with Gasteiger partial charge in [0.15, 0.2) is 0 Å². The van der Waals surface area contributed by atoms with E-state index in [9.17, 15) is 0 Å². The van der Waals surface area contributed by atoms with Gasteiger partial charge < -0.3 is 0 Å². The molecule has 0 amide bonds. The fourth-order valence-corrected chi connectivity index (χ4v) is 4.20. The second kappa shape index (κ2) is 6.61. The summed E-state index contributed by atoms with van der Waals surface area (Å²) in [5, 5.41) is 5.45. The zero-order valence-corrected chi connectivity index (χ0v) is 16.1. The van der Waals surface area contributed by atoms with Crippen LogP contribution in [-0.4, -0.2) is 0 Å². The lowest BCUT2D eigenvalue weighted by Crippen LogP contribution is -1.99. The summed E-state index contributed by atoms with van der Waals surface area (Å²) in [5.41, 5.74) is 6.96. The smallest absolute Gasteiger partial charge is 0.00731 e. The summed E-state index contributed by atoms with van der Waals surface area (Å²) < 4.78 is 0. The molecular formula is C26H26. The first-order valence-electron chi connectivity index (χ1n) is 9.56. The molecule has 130 valence electrons. The van der Waals surface area contributed by atoms with E-state index >= 15 is 0 Å². The van der Waals surface area contributed by atoms with Crippen molar-refractivity contribution in [1.29, 1.82) is 0 Å². The number of fused-ring (bicyclic) bond motifs is 2. The molecular weight excluding hydrogens is 312 g/mol. The number of hydrogen-bond acceptors (Lipinski definition) is 0. The topological polar surface area (TPSA) is 0 Å². The van der Waals surface area contributed by atoms with Gasteiger partial charge in [0, 0.05) is 0 Å². The van der Waals surface area contributed by atoms with Crippen LogP contribution in [0, 0.1) is 19.8 Å². The molecule has 26 heavy (non-hydrogen) atoms. The molecule has 0 fully saturated rings. The number of benzene rings is 4. The molecule has 0 saturated heterocycles. The van der Waals surface area contributed by atoms with Crippen LogP contribution < -0.4 is 0 Å². The second-order valence-electron chi connectivity index (χ2n) is 7.83. The van der Waals surface area contributed by atoms with E-state index in [1.165, 1.54) is 49.4 Å². The summed E-state index contributed by atoms with van der Waals surface area (Å²) in [6, 6.07) is 24.6. The van der Waals surface area contributed by atoms with Gasteiger partial charge in [-0.15, -0.1) is 0 Å². The van der Waals surface area contributed by atoms with Gasteiger partial charge in [-0.25, -0.2) is 0 Å². The molecule has 4 aromatic carbocycles. The summed E-state index contributed by atoms with van der Waals surface area (Å²) in [5.74, 6) is 0.641. The highest BCUT2D eigenvalue weighted by Crippen LogP contribution is 2.38. The quantitative estimate of drug-likeness (QED) is 0.363. The van der Waals surface area contributed by atoms with Crippen molar-refractivity contribution >= 4 is 21.5 Å². The molecule has 4 rings (SSSR count). The van der Waals surface area contributed by atoms with Crippen molar-refractivity contribution in [2.75, 3.05) is 0 Å². The average molecular weight is 338 g/mol. The van der Waals surface area contributed by atoms with E-state index in [-0.39, 0.29) is 0 Å². The van der Waals surface area contributed by atoms with E-state index in [2.05, 4.69) is 94.4 Å². The summed E-state index contributed by atoms with van der Waals surface area (Å²) in [7, 11) is 0. The van der Waals surface area contributed by atoms with Crippen LogP contribution in [0.15, 0.2) is 66.7 Å². The van der Waals surface area contributed by atoms with Crippen LogP contribution in [0.5, 0.6) is 0 Å². The van der Waals surface area contributed by atoms with Crippen LogP contribution in [-0.2, 0) is 6.42 Å². The van der Waals surface area contributed by atoms with Crippen molar-refractivity contribution in [2.45, 2.75) is 34.1 Å². The minimum atomic E-state index is 0.641. The maximum absolute atomic E-state index is 2.45. The molecule has 0 bridgehead atoms. The Morgan fingerprint density at radius 3 is 2.12 bits per heavy atom. The first kappa shape index (κ1) is 16.8. The molecule has 0 aliphatic heterocycles. The number of aryl methyl sites for hydroxylation is 2. The normalized spacial score (nSPS) is 11.6. The van der Waals surface area contributed by atoms with Crippen molar-refractivity contribution in [3.8, 4) is 11.1 Å². The monoisotopic (exact) mass is 338 g/mol. The van der Waals surface area contributed by atoms with Gasteiger partial charge in [0.2, 0.25) is 0 Å². The first-order valence-corrected chi connectivity index (χ1v) is 9.56. The molecule has 0 N–H and O–H groups in total. The third-order valence-corrected chi connectivity index (χ3v) is 5.43. The lowest BCUT2D eigenvalue weighted by Gasteiger charge is -2.19. The average Bonchev–Trinajstić information content (AvgIpc) is 2.64. The highest BCUT2D eigenvalue weighted by Gasteiger charge is 2.15. The van der Waals surface area contributed by atoms with E-state index in [0.29, 0.717) is 5.92 Å². The zero-order valence-electron chi connectivity index (χ0n) is 16.1. The lowest BCUT2D eigenvalue weighted by atomic mass is 9.85. The van der Waals surface area contributed by atoms with Crippen molar-refractivity contribution in [3.63, 3.8) is 0 Å². The van der Waals surface area contributed by atoms with Crippen molar-refractivity contribution < 1.29 is 0 Å². The highest BCUT2D eigenvalue weighted by molar-refractivity contribution is 6.03. The molecule has 0 heteroatoms. The van der Waals surface area contributed by atoms with Crippen LogP contribution in [0.2, 0.25) is 0 Å². The summed E-state index contributed by atoms with van der Waals surface area (Å²) >= 11 is 0. The lowest BCUT2D eigenvalue weighted by molar-refractivity contribution is 0.650. The fraction of sp³-hybridized carbons (Fsp3) is 0.231. The van der Waals surface area contributed by atoms with Gasteiger partial charge >= 0.3 is 0 Å². The maximum atomic E-state index is 2.45. The summed E-state index contributed by atoms with van der Waals surface area (Å²) in [6.07, 6.45) is 1.11. The van der Waals surface area contributed by atoms with Crippen LogP contribution in [0.25, 0.3) is 32.7 Å². The Labute approximate surface area is 156 Å². The number of hydrogen-bond donors (Lipinski definition) is 0. The Morgan fingerprint density at radius 1 is 0.731 bits per heavy atom. The number of rotatable bonds is 3. The molecule has 0 nitrogen and oxygen atoms in total. The molecule has 0 spiro atoms. The van der Waals surface area contributed by atoms with Gasteiger partial charge in [0.05, 0.1) is 0 Å². The van der Waals surface area contributed by atoms with Gasteiger partial charge in [-0.1, -0.05) is 80.6 Å². The molecule has 0 aromatic heterocycles. The summed E-state index contributed by atoms with van der Waals surface area (Å²) in [4.78, 5) is 0. The minimum absolute atomic E-state index is 0.641. The van der Waals surface area contributed by atoms with Gasteiger partial charge in [-0.05, 0) is 75.5 Å². The van der Waals surface area contributed by atoms with Crippen molar-refractivity contribution in [1.82, 2.24) is 0 Å². The van der Waals surface area contributed by atoms with E-state index in [1.54, 1.807) is 0 Å². The molecule has 0 saturated carbocycles. The molecule has 0 heterocycles. The van der Waals surface area contributed by atoms with E-state index < -0.39 is 0 Å².